The summed E-state index contributed by atoms with van der Waals surface area (Å²) < 4.78 is 22.4. The molecule has 6 rings (SSSR count). The first-order valence-corrected chi connectivity index (χ1v) is 12.8. The van der Waals surface area contributed by atoms with Gasteiger partial charge in [-0.2, -0.15) is 0 Å². The number of benzene rings is 3. The van der Waals surface area contributed by atoms with Crippen molar-refractivity contribution >= 4 is 11.3 Å². The van der Waals surface area contributed by atoms with E-state index in [0.717, 1.165) is 12.1 Å². The molecule has 3 aromatic carbocycles. The van der Waals surface area contributed by atoms with Crippen LogP contribution < -0.4 is 9.47 Å². The highest BCUT2D eigenvalue weighted by molar-refractivity contribution is 5.95. The second-order valence-corrected chi connectivity index (χ2v) is 10.0. The lowest BCUT2D eigenvalue weighted by Gasteiger charge is -2.39. The molecule has 3 aromatic rings. The van der Waals surface area contributed by atoms with E-state index in [1.165, 1.54) is 24.3 Å². The van der Waals surface area contributed by atoms with Crippen LogP contribution in [0.4, 0.5) is 0 Å². The van der Waals surface area contributed by atoms with Crippen LogP contribution in [0.5, 0.6) is 40.2 Å². The van der Waals surface area contributed by atoms with Gasteiger partial charge < -0.3 is 60.2 Å². The van der Waals surface area contributed by atoms with Crippen molar-refractivity contribution in [1.29, 1.82) is 0 Å². The Balaban J connectivity index is 1.55. The summed E-state index contributed by atoms with van der Waals surface area (Å²) in [6.45, 7) is -0.690. The van der Waals surface area contributed by atoms with Gasteiger partial charge in [0.25, 0.3) is 0 Å². The molecule has 6 atom stereocenters. The second kappa shape index (κ2) is 10.3. The molecule has 0 spiro atoms. The molecule has 3 aliphatic rings. The number of allylic oxidation sites excluding steroid dienone is 1. The summed E-state index contributed by atoms with van der Waals surface area (Å²) in [7, 11) is 0. The standard InChI is InChI=1S/C29H26O13/c30-10-21-24(36)25(37)26(38)29(41-21)42-28-15-9-18(11-1-3-13(31)4-2-11)39-19-7-14(32)8-20(22(15)19)40-27(28)12-5-16(33)23(35)17(34)6-12/h1-9,18,21,24-26,29-38H,10H2/p+1/t18?,21-,24-,25+,26-,29+/m1/s1. The van der Waals surface area contributed by atoms with Crippen molar-refractivity contribution in [1.82, 2.24) is 0 Å². The van der Waals surface area contributed by atoms with Crippen LogP contribution in [-0.4, -0.2) is 88.0 Å². The average Bonchev–Trinajstić information content (AvgIpc) is 2.96. The lowest BCUT2D eigenvalue weighted by atomic mass is 9.91. The Morgan fingerprint density at radius 2 is 1.43 bits per heavy atom. The van der Waals surface area contributed by atoms with E-state index in [-0.39, 0.29) is 40.1 Å². The quantitative estimate of drug-likeness (QED) is 0.150. The van der Waals surface area contributed by atoms with Crippen molar-refractivity contribution in [3.05, 3.63) is 77.1 Å². The molecule has 10 N–H and O–H groups in total. The molecule has 1 fully saturated rings. The van der Waals surface area contributed by atoms with Gasteiger partial charge in [-0.05, 0) is 35.9 Å². The van der Waals surface area contributed by atoms with Gasteiger partial charge in [0.05, 0.1) is 17.7 Å². The van der Waals surface area contributed by atoms with Crippen molar-refractivity contribution in [2.75, 3.05) is 6.61 Å². The Morgan fingerprint density at radius 1 is 0.762 bits per heavy atom. The molecule has 13 nitrogen and oxygen atoms in total. The SMILES string of the molecule is OC[C@H]1O[C@@H]([OH+]C2=C(c3cc(O)c(O)c(O)c3)Oc3cc(O)cc4c3C2=CC(c2ccc(O)cc2)O4)[C@H](O)[C@@H](O)[C@@H]1O. The zero-order valence-corrected chi connectivity index (χ0v) is 21.6. The summed E-state index contributed by atoms with van der Waals surface area (Å²) in [5, 5.41) is 91.8. The zero-order chi connectivity index (χ0) is 29.9. The van der Waals surface area contributed by atoms with E-state index in [1.807, 2.05) is 0 Å². The van der Waals surface area contributed by atoms with Crippen molar-refractivity contribution in [3.63, 3.8) is 0 Å². The summed E-state index contributed by atoms with van der Waals surface area (Å²) in [4.78, 5) is 0. The summed E-state index contributed by atoms with van der Waals surface area (Å²) in [5.74, 6) is -2.15. The summed E-state index contributed by atoms with van der Waals surface area (Å²) >= 11 is 0. The lowest BCUT2D eigenvalue weighted by molar-refractivity contribution is -0.330. The molecule has 0 aromatic heterocycles. The molecule has 3 aliphatic heterocycles. The van der Waals surface area contributed by atoms with Gasteiger partial charge in [0.15, 0.2) is 23.4 Å². The van der Waals surface area contributed by atoms with Gasteiger partial charge in [-0.15, -0.1) is 0 Å². The van der Waals surface area contributed by atoms with Crippen LogP contribution in [0.3, 0.4) is 0 Å². The van der Waals surface area contributed by atoms with Crippen LogP contribution in [0, 0.1) is 0 Å². The van der Waals surface area contributed by atoms with Crippen LogP contribution in [-0.2, 0) is 4.74 Å². The highest BCUT2D eigenvalue weighted by Crippen LogP contribution is 2.53. The highest BCUT2D eigenvalue weighted by atomic mass is 16.7. The van der Waals surface area contributed by atoms with Crippen LogP contribution in [0.2, 0.25) is 0 Å². The van der Waals surface area contributed by atoms with E-state index >= 15 is 0 Å². The normalized spacial score (nSPS) is 26.5. The first-order chi connectivity index (χ1) is 20.0. The monoisotopic (exact) mass is 583 g/mol. The molecule has 13 heteroatoms. The molecule has 3 heterocycles. The van der Waals surface area contributed by atoms with Crippen molar-refractivity contribution < 1.29 is 64.9 Å². The number of ether oxygens (including phenoxy) is 4. The number of hydrogen-bond donors (Lipinski definition) is 9. The molecular formula is C29H27O13+. The maximum Gasteiger partial charge on any atom is 0.326 e. The van der Waals surface area contributed by atoms with E-state index in [0.29, 0.717) is 16.7 Å². The van der Waals surface area contributed by atoms with Crippen molar-refractivity contribution in [2.24, 2.45) is 0 Å². The Kier molecular flexibility index (Phi) is 6.75. The molecule has 220 valence electrons. The fourth-order valence-electron chi connectivity index (χ4n) is 5.10. The van der Waals surface area contributed by atoms with Crippen molar-refractivity contribution in [3.8, 4) is 40.2 Å². The molecule has 1 saturated heterocycles. The molecule has 0 saturated carbocycles. The summed E-state index contributed by atoms with van der Waals surface area (Å²) in [5.41, 5.74) is 1.32. The fourth-order valence-corrected chi connectivity index (χ4v) is 5.10. The molecular weight excluding hydrogens is 556 g/mol. The van der Waals surface area contributed by atoms with Gasteiger partial charge in [-0.25, -0.2) is 0 Å². The molecule has 0 aliphatic carbocycles. The van der Waals surface area contributed by atoms with Gasteiger partial charge in [0.1, 0.15) is 47.4 Å². The first-order valence-electron chi connectivity index (χ1n) is 12.8. The van der Waals surface area contributed by atoms with E-state index in [2.05, 4.69) is 4.74 Å². The smallest absolute Gasteiger partial charge is 0.326 e. The summed E-state index contributed by atoms with van der Waals surface area (Å²) in [6, 6.07) is 11.0. The van der Waals surface area contributed by atoms with E-state index in [4.69, 9.17) is 14.2 Å². The van der Waals surface area contributed by atoms with Crippen LogP contribution in [0.15, 0.2) is 60.4 Å². The number of hydrogen-bond acceptors (Lipinski definition) is 12. The minimum Gasteiger partial charge on any atom is -0.555 e. The number of aliphatic hydroxyl groups excluding tert-OH is 4. The topological polar surface area (TPSA) is 223 Å². The van der Waals surface area contributed by atoms with Gasteiger partial charge in [-0.1, -0.05) is 12.1 Å². The number of rotatable bonds is 5. The Morgan fingerprint density at radius 3 is 2.10 bits per heavy atom. The third-order valence-corrected chi connectivity index (χ3v) is 7.25. The van der Waals surface area contributed by atoms with E-state index in [9.17, 15) is 46.0 Å². The van der Waals surface area contributed by atoms with Crippen LogP contribution in [0.1, 0.15) is 22.8 Å². The summed E-state index contributed by atoms with van der Waals surface area (Å²) in [6.07, 6.45) is -7.04. The third kappa shape index (κ3) is 4.58. The molecule has 0 amide bonds. The van der Waals surface area contributed by atoms with Crippen LogP contribution >= 0.6 is 0 Å². The van der Waals surface area contributed by atoms with Gasteiger partial charge in [0, 0.05) is 17.7 Å². The van der Waals surface area contributed by atoms with Crippen molar-refractivity contribution in [2.45, 2.75) is 36.8 Å². The predicted octanol–water partition coefficient (Wildman–Crippen LogP) is 0.821. The maximum atomic E-state index is 10.8. The zero-order valence-electron chi connectivity index (χ0n) is 21.6. The molecule has 0 radical (unpaired) electrons. The number of aromatic hydroxyl groups is 5. The van der Waals surface area contributed by atoms with E-state index in [1.54, 1.807) is 18.2 Å². The largest absolute Gasteiger partial charge is 0.555 e. The Labute approximate surface area is 237 Å². The van der Waals surface area contributed by atoms with E-state index < -0.39 is 60.7 Å². The molecule has 0 bridgehead atoms. The van der Waals surface area contributed by atoms with Gasteiger partial charge >= 0.3 is 12.0 Å². The van der Waals surface area contributed by atoms with Gasteiger partial charge in [0.2, 0.25) is 5.76 Å². The maximum absolute atomic E-state index is 10.8. The Bertz CT molecular complexity index is 1570. The fraction of sp³-hybridized carbons (Fsp3) is 0.241. The lowest BCUT2D eigenvalue weighted by Crippen LogP contribution is -2.60. The first kappa shape index (κ1) is 27.5. The Hall–Kier alpha value is -4.66. The highest BCUT2D eigenvalue weighted by Gasteiger charge is 2.49. The average molecular weight is 584 g/mol. The predicted molar refractivity (Wildman–Crippen MR) is 143 cm³/mol. The van der Waals surface area contributed by atoms with Gasteiger partial charge in [-0.3, -0.25) is 4.74 Å². The third-order valence-electron chi connectivity index (χ3n) is 7.25. The second-order valence-electron chi connectivity index (χ2n) is 10.0. The number of phenolic OH excluding ortho intramolecular Hbond substituents is 5. The van der Waals surface area contributed by atoms with Crippen LogP contribution in [0.25, 0.3) is 11.3 Å². The minimum absolute atomic E-state index is 0.0182. The number of aliphatic hydroxyl groups is 6. The molecule has 1 unspecified atom stereocenters. The number of phenols is 5. The molecule has 42 heavy (non-hydrogen) atoms. The minimum atomic E-state index is -1.74.